The number of benzene rings is 1. The number of rotatable bonds is 3. The van der Waals surface area contributed by atoms with Crippen LogP contribution in [0.5, 0.6) is 5.75 Å². The molecule has 1 aromatic carbocycles. The maximum Gasteiger partial charge on any atom is 0.121 e. The normalized spacial score (nSPS) is 20.7. The maximum atomic E-state index is 5.29. The smallest absolute Gasteiger partial charge is 0.121 e. The van der Waals surface area contributed by atoms with Crippen LogP contribution in [0.15, 0.2) is 24.4 Å². The summed E-state index contributed by atoms with van der Waals surface area (Å²) in [6.45, 7) is 2.17. The molecule has 0 amide bonds. The van der Waals surface area contributed by atoms with Crippen molar-refractivity contribution in [2.45, 2.75) is 25.4 Å². The van der Waals surface area contributed by atoms with E-state index in [-0.39, 0.29) is 0 Å². The molecule has 1 fully saturated rings. The second-order valence-electron chi connectivity index (χ2n) is 5.03. The first-order valence-electron chi connectivity index (χ1n) is 6.48. The van der Waals surface area contributed by atoms with Gasteiger partial charge in [-0.15, -0.1) is 0 Å². The molecule has 4 heteroatoms. The quantitative estimate of drug-likeness (QED) is 0.830. The second-order valence-corrected chi connectivity index (χ2v) is 5.03. The van der Waals surface area contributed by atoms with Gasteiger partial charge in [0.2, 0.25) is 0 Å². The van der Waals surface area contributed by atoms with Gasteiger partial charge in [-0.05, 0) is 38.6 Å². The fourth-order valence-corrected chi connectivity index (χ4v) is 2.73. The molecule has 1 aliphatic rings. The lowest BCUT2D eigenvalue weighted by atomic mass is 10.2. The maximum absolute atomic E-state index is 5.29. The highest BCUT2D eigenvalue weighted by atomic mass is 16.5. The fourth-order valence-electron chi connectivity index (χ4n) is 2.73. The molecule has 1 atom stereocenters. The minimum atomic E-state index is 0.610. The SMILES string of the molecule is COc1ccc2cnn(C[C@H]3CCCN3C)c2c1. The van der Waals surface area contributed by atoms with Gasteiger partial charge in [0, 0.05) is 17.5 Å². The molecule has 18 heavy (non-hydrogen) atoms. The Morgan fingerprint density at radius 1 is 1.44 bits per heavy atom. The summed E-state index contributed by atoms with van der Waals surface area (Å²) in [4.78, 5) is 2.42. The van der Waals surface area contributed by atoms with Crippen molar-refractivity contribution in [2.75, 3.05) is 20.7 Å². The van der Waals surface area contributed by atoms with Crippen molar-refractivity contribution in [3.63, 3.8) is 0 Å². The lowest BCUT2D eigenvalue weighted by molar-refractivity contribution is 0.277. The zero-order valence-electron chi connectivity index (χ0n) is 11.0. The average Bonchev–Trinajstić information content (AvgIpc) is 2.97. The predicted molar refractivity (Wildman–Crippen MR) is 71.9 cm³/mol. The third kappa shape index (κ3) is 1.97. The first-order valence-corrected chi connectivity index (χ1v) is 6.48. The van der Waals surface area contributed by atoms with Gasteiger partial charge >= 0.3 is 0 Å². The summed E-state index contributed by atoms with van der Waals surface area (Å²) < 4.78 is 7.39. The van der Waals surface area contributed by atoms with Crippen LogP contribution in [0.4, 0.5) is 0 Å². The Kier molecular flexibility index (Phi) is 2.96. The lowest BCUT2D eigenvalue weighted by Gasteiger charge is -2.19. The van der Waals surface area contributed by atoms with Gasteiger partial charge in [-0.25, -0.2) is 0 Å². The van der Waals surface area contributed by atoms with Crippen molar-refractivity contribution < 1.29 is 4.74 Å². The Labute approximate surface area is 107 Å². The molecule has 0 radical (unpaired) electrons. The molecule has 0 saturated carbocycles. The number of nitrogens with zero attached hydrogens (tertiary/aromatic N) is 3. The molecule has 0 spiro atoms. The van der Waals surface area contributed by atoms with Crippen LogP contribution in [-0.2, 0) is 6.54 Å². The third-order valence-corrected chi connectivity index (χ3v) is 3.91. The predicted octanol–water partition coefficient (Wildman–Crippen LogP) is 2.14. The number of fused-ring (bicyclic) bond motifs is 1. The van der Waals surface area contributed by atoms with Gasteiger partial charge in [0.1, 0.15) is 5.75 Å². The minimum Gasteiger partial charge on any atom is -0.497 e. The molecular weight excluding hydrogens is 226 g/mol. The molecule has 1 aliphatic heterocycles. The van der Waals surface area contributed by atoms with E-state index in [0.29, 0.717) is 6.04 Å². The van der Waals surface area contributed by atoms with Crippen LogP contribution in [0.3, 0.4) is 0 Å². The van der Waals surface area contributed by atoms with Gasteiger partial charge in [-0.2, -0.15) is 5.10 Å². The van der Waals surface area contributed by atoms with Crippen LogP contribution in [-0.4, -0.2) is 41.4 Å². The summed E-state index contributed by atoms with van der Waals surface area (Å²) in [5, 5.41) is 5.68. The number of hydrogen-bond donors (Lipinski definition) is 0. The minimum absolute atomic E-state index is 0.610. The van der Waals surface area contributed by atoms with Crippen LogP contribution in [0.2, 0.25) is 0 Å². The zero-order chi connectivity index (χ0) is 12.5. The summed E-state index contributed by atoms with van der Waals surface area (Å²) in [6, 6.07) is 6.72. The van der Waals surface area contributed by atoms with Crippen molar-refractivity contribution >= 4 is 10.9 Å². The molecule has 3 rings (SSSR count). The molecule has 1 saturated heterocycles. The average molecular weight is 245 g/mol. The Bertz CT molecular complexity index is 549. The van der Waals surface area contributed by atoms with E-state index in [1.165, 1.54) is 24.8 Å². The van der Waals surface area contributed by atoms with E-state index in [1.807, 2.05) is 12.3 Å². The zero-order valence-corrected chi connectivity index (χ0v) is 11.0. The Balaban J connectivity index is 1.91. The van der Waals surface area contributed by atoms with Crippen molar-refractivity contribution in [1.29, 1.82) is 0 Å². The van der Waals surface area contributed by atoms with Gasteiger partial charge in [-0.3, -0.25) is 4.68 Å². The summed E-state index contributed by atoms with van der Waals surface area (Å²) >= 11 is 0. The number of methoxy groups -OCH3 is 1. The van der Waals surface area contributed by atoms with E-state index in [2.05, 4.69) is 33.9 Å². The van der Waals surface area contributed by atoms with Crippen molar-refractivity contribution in [2.24, 2.45) is 0 Å². The topological polar surface area (TPSA) is 30.3 Å². The first kappa shape index (κ1) is 11.5. The summed E-state index contributed by atoms with van der Waals surface area (Å²) in [5.74, 6) is 0.893. The molecule has 96 valence electrons. The van der Waals surface area contributed by atoms with Gasteiger partial charge in [0.25, 0.3) is 0 Å². The number of likely N-dealkylation sites (tertiary alicyclic amines) is 1. The summed E-state index contributed by atoms with van der Waals surface area (Å²) in [6.07, 6.45) is 4.50. The Morgan fingerprint density at radius 3 is 3.06 bits per heavy atom. The Hall–Kier alpha value is -1.55. The number of likely N-dealkylation sites (N-methyl/N-ethyl adjacent to an activating group) is 1. The standard InChI is InChI=1S/C14H19N3O/c1-16-7-3-4-12(16)10-17-14-8-13(18-2)6-5-11(14)9-15-17/h5-6,8-9,12H,3-4,7,10H2,1-2H3/t12-/m1/s1. The summed E-state index contributed by atoms with van der Waals surface area (Å²) in [5.41, 5.74) is 1.16. The molecular formula is C14H19N3O. The number of hydrogen-bond acceptors (Lipinski definition) is 3. The molecule has 0 aliphatic carbocycles. The summed E-state index contributed by atoms with van der Waals surface area (Å²) in [7, 11) is 3.90. The molecule has 4 nitrogen and oxygen atoms in total. The van der Waals surface area contributed by atoms with E-state index in [4.69, 9.17) is 4.74 Å². The van der Waals surface area contributed by atoms with Crippen LogP contribution in [0.25, 0.3) is 10.9 Å². The number of ether oxygens (including phenoxy) is 1. The van der Waals surface area contributed by atoms with E-state index in [1.54, 1.807) is 7.11 Å². The molecule has 0 bridgehead atoms. The highest BCUT2D eigenvalue weighted by Crippen LogP contribution is 2.23. The van der Waals surface area contributed by atoms with Gasteiger partial charge in [0.15, 0.2) is 0 Å². The van der Waals surface area contributed by atoms with E-state index in [9.17, 15) is 0 Å². The third-order valence-electron chi connectivity index (χ3n) is 3.91. The molecule has 1 aromatic heterocycles. The van der Waals surface area contributed by atoms with Crippen molar-refractivity contribution in [1.82, 2.24) is 14.7 Å². The molecule has 2 heterocycles. The highest BCUT2D eigenvalue weighted by Gasteiger charge is 2.21. The monoisotopic (exact) mass is 245 g/mol. The van der Waals surface area contributed by atoms with Crippen LogP contribution < -0.4 is 4.74 Å². The van der Waals surface area contributed by atoms with E-state index < -0.39 is 0 Å². The van der Waals surface area contributed by atoms with Crippen molar-refractivity contribution in [3.05, 3.63) is 24.4 Å². The van der Waals surface area contributed by atoms with Crippen LogP contribution in [0, 0.1) is 0 Å². The van der Waals surface area contributed by atoms with Gasteiger partial charge in [-0.1, -0.05) is 0 Å². The van der Waals surface area contributed by atoms with Gasteiger partial charge in [0.05, 0.1) is 25.4 Å². The van der Waals surface area contributed by atoms with E-state index in [0.717, 1.165) is 17.8 Å². The molecule has 2 aromatic rings. The second kappa shape index (κ2) is 4.61. The fraction of sp³-hybridized carbons (Fsp3) is 0.500. The molecule has 0 unspecified atom stereocenters. The molecule has 0 N–H and O–H groups in total. The van der Waals surface area contributed by atoms with Crippen molar-refractivity contribution in [3.8, 4) is 5.75 Å². The lowest BCUT2D eigenvalue weighted by Crippen LogP contribution is -2.29. The van der Waals surface area contributed by atoms with Gasteiger partial charge < -0.3 is 9.64 Å². The van der Waals surface area contributed by atoms with Crippen LogP contribution >= 0.6 is 0 Å². The number of aromatic nitrogens is 2. The Morgan fingerprint density at radius 2 is 2.33 bits per heavy atom. The first-order chi connectivity index (χ1) is 8.78. The largest absolute Gasteiger partial charge is 0.497 e. The highest BCUT2D eigenvalue weighted by molar-refractivity contribution is 5.80. The van der Waals surface area contributed by atoms with E-state index >= 15 is 0 Å². The van der Waals surface area contributed by atoms with Crippen LogP contribution in [0.1, 0.15) is 12.8 Å².